The van der Waals surface area contributed by atoms with Gasteiger partial charge in [-0.3, -0.25) is 0 Å². The zero-order valence-electron chi connectivity index (χ0n) is 9.34. The number of thioether (sulfide) groups is 1. The third-order valence-electron chi connectivity index (χ3n) is 2.66. The Morgan fingerprint density at radius 2 is 2.20 bits per heavy atom. The zero-order chi connectivity index (χ0) is 10.7. The second-order valence-electron chi connectivity index (χ2n) is 3.85. The van der Waals surface area contributed by atoms with E-state index in [4.69, 9.17) is 0 Å². The van der Waals surface area contributed by atoms with Crippen LogP contribution in [0.25, 0.3) is 0 Å². The molecule has 0 radical (unpaired) electrons. The highest BCUT2D eigenvalue weighted by molar-refractivity contribution is 7.98. The Morgan fingerprint density at radius 1 is 1.33 bits per heavy atom. The molecule has 0 amide bonds. The largest absolute Gasteiger partial charge is 0.320 e. The summed E-state index contributed by atoms with van der Waals surface area (Å²) in [5.74, 6) is 3.18. The number of aromatic nitrogens is 2. The average Bonchev–Trinajstić information content (AvgIpc) is 2.66. The van der Waals surface area contributed by atoms with Gasteiger partial charge in [0.25, 0.3) is 0 Å². The lowest BCUT2D eigenvalue weighted by Gasteiger charge is -2.06. The molecule has 2 rings (SSSR count). The Hall–Kier alpha value is -0.610. The van der Waals surface area contributed by atoms with E-state index in [1.165, 1.54) is 17.0 Å². The Balaban J connectivity index is 2.09. The first-order chi connectivity index (χ1) is 7.31. The summed E-state index contributed by atoms with van der Waals surface area (Å²) in [7, 11) is 1.98. The van der Waals surface area contributed by atoms with Crippen molar-refractivity contribution in [1.82, 2.24) is 15.3 Å². The minimum Gasteiger partial charge on any atom is -0.320 e. The van der Waals surface area contributed by atoms with Gasteiger partial charge in [-0.05, 0) is 26.9 Å². The number of hydrogen-bond donors (Lipinski definition) is 1. The molecule has 2 heterocycles. The van der Waals surface area contributed by atoms with E-state index in [0.717, 1.165) is 36.7 Å². The third kappa shape index (κ3) is 2.49. The van der Waals surface area contributed by atoms with Gasteiger partial charge in [-0.25, -0.2) is 9.97 Å². The van der Waals surface area contributed by atoms with Crippen molar-refractivity contribution in [3.8, 4) is 0 Å². The molecular weight excluding hydrogens is 206 g/mol. The van der Waals surface area contributed by atoms with Gasteiger partial charge in [0, 0.05) is 29.2 Å². The molecular formula is C11H17N3S. The summed E-state index contributed by atoms with van der Waals surface area (Å²) in [5.41, 5.74) is 3.83. The highest BCUT2D eigenvalue weighted by atomic mass is 32.2. The van der Waals surface area contributed by atoms with E-state index < -0.39 is 0 Å². The Morgan fingerprint density at radius 3 is 3.00 bits per heavy atom. The summed E-state index contributed by atoms with van der Waals surface area (Å²) in [5, 5.41) is 3.15. The Labute approximate surface area is 95.1 Å². The fourth-order valence-electron chi connectivity index (χ4n) is 1.81. The van der Waals surface area contributed by atoms with Gasteiger partial charge in [-0.15, -0.1) is 0 Å². The summed E-state index contributed by atoms with van der Waals surface area (Å²) in [4.78, 5) is 9.19. The standard InChI is InChI=1S/C11H17N3S/c1-8-9-6-15-7-10(9)14-11(13-8)4-3-5-12-2/h12H,3-7H2,1-2H3. The predicted molar refractivity (Wildman–Crippen MR) is 64.0 cm³/mol. The van der Waals surface area contributed by atoms with Crippen LogP contribution in [0.3, 0.4) is 0 Å². The van der Waals surface area contributed by atoms with Crippen molar-refractivity contribution in [2.24, 2.45) is 0 Å². The molecule has 1 aromatic rings. The van der Waals surface area contributed by atoms with Crippen LogP contribution in [0, 0.1) is 6.92 Å². The molecule has 0 aliphatic carbocycles. The van der Waals surface area contributed by atoms with Crippen LogP contribution in [0.1, 0.15) is 29.2 Å². The van der Waals surface area contributed by atoms with Crippen molar-refractivity contribution in [2.75, 3.05) is 13.6 Å². The highest BCUT2D eigenvalue weighted by Gasteiger charge is 2.16. The molecule has 1 N–H and O–H groups in total. The first kappa shape index (κ1) is 10.9. The van der Waals surface area contributed by atoms with E-state index >= 15 is 0 Å². The second kappa shape index (κ2) is 4.94. The van der Waals surface area contributed by atoms with Gasteiger partial charge in [0.15, 0.2) is 0 Å². The molecule has 82 valence electrons. The molecule has 1 aliphatic heterocycles. The molecule has 0 spiro atoms. The van der Waals surface area contributed by atoms with Gasteiger partial charge < -0.3 is 5.32 Å². The lowest BCUT2D eigenvalue weighted by Crippen LogP contribution is -2.10. The Bertz CT molecular complexity index is 352. The van der Waals surface area contributed by atoms with E-state index in [-0.39, 0.29) is 0 Å². The SMILES string of the molecule is CNCCCc1nc(C)c2c(n1)CSC2. The quantitative estimate of drug-likeness (QED) is 0.788. The lowest BCUT2D eigenvalue weighted by atomic mass is 10.2. The molecule has 0 atom stereocenters. The maximum atomic E-state index is 4.63. The van der Waals surface area contributed by atoms with E-state index in [2.05, 4.69) is 22.2 Å². The van der Waals surface area contributed by atoms with Gasteiger partial charge in [0.05, 0.1) is 5.69 Å². The van der Waals surface area contributed by atoms with Crippen molar-refractivity contribution in [1.29, 1.82) is 0 Å². The van der Waals surface area contributed by atoms with Crippen LogP contribution in [0.5, 0.6) is 0 Å². The van der Waals surface area contributed by atoms with Gasteiger partial charge in [0.1, 0.15) is 5.82 Å². The first-order valence-electron chi connectivity index (χ1n) is 5.39. The van der Waals surface area contributed by atoms with Crippen LogP contribution in [0.15, 0.2) is 0 Å². The molecule has 15 heavy (non-hydrogen) atoms. The van der Waals surface area contributed by atoms with Crippen molar-refractivity contribution >= 4 is 11.8 Å². The predicted octanol–water partition coefficient (Wildman–Crippen LogP) is 1.68. The normalized spacial score (nSPS) is 14.3. The zero-order valence-corrected chi connectivity index (χ0v) is 10.2. The number of nitrogens with one attached hydrogen (secondary N) is 1. The molecule has 0 aromatic carbocycles. The van der Waals surface area contributed by atoms with Crippen LogP contribution < -0.4 is 5.32 Å². The molecule has 4 heteroatoms. The summed E-state index contributed by atoms with van der Waals surface area (Å²) < 4.78 is 0. The van der Waals surface area contributed by atoms with Crippen molar-refractivity contribution in [3.63, 3.8) is 0 Å². The van der Waals surface area contributed by atoms with Gasteiger partial charge >= 0.3 is 0 Å². The summed E-state index contributed by atoms with van der Waals surface area (Å²) in [6.45, 7) is 3.14. The molecule has 0 saturated carbocycles. The fourth-order valence-corrected chi connectivity index (χ4v) is 2.92. The lowest BCUT2D eigenvalue weighted by molar-refractivity contribution is 0.696. The number of fused-ring (bicyclic) bond motifs is 1. The molecule has 3 nitrogen and oxygen atoms in total. The molecule has 0 fully saturated rings. The van der Waals surface area contributed by atoms with E-state index in [1.807, 2.05) is 18.8 Å². The minimum atomic E-state index is 0.986. The summed E-state index contributed by atoms with van der Waals surface area (Å²) >= 11 is 1.94. The van der Waals surface area contributed by atoms with Crippen molar-refractivity contribution < 1.29 is 0 Å². The van der Waals surface area contributed by atoms with Crippen molar-refractivity contribution in [3.05, 3.63) is 22.8 Å². The maximum absolute atomic E-state index is 4.63. The second-order valence-corrected chi connectivity index (χ2v) is 4.84. The van der Waals surface area contributed by atoms with Crippen LogP contribution in [-0.2, 0) is 17.9 Å². The summed E-state index contributed by atoms with van der Waals surface area (Å²) in [6, 6.07) is 0. The van der Waals surface area contributed by atoms with Crippen LogP contribution in [0.4, 0.5) is 0 Å². The van der Waals surface area contributed by atoms with Gasteiger partial charge in [-0.1, -0.05) is 0 Å². The fraction of sp³-hybridized carbons (Fsp3) is 0.636. The Kier molecular flexibility index (Phi) is 3.59. The molecule has 0 saturated heterocycles. The third-order valence-corrected chi connectivity index (χ3v) is 3.63. The smallest absolute Gasteiger partial charge is 0.128 e. The average molecular weight is 223 g/mol. The van der Waals surface area contributed by atoms with E-state index in [0.29, 0.717) is 0 Å². The number of nitrogens with zero attached hydrogens (tertiary/aromatic N) is 2. The minimum absolute atomic E-state index is 0.986. The van der Waals surface area contributed by atoms with Crippen LogP contribution >= 0.6 is 11.8 Å². The van der Waals surface area contributed by atoms with Gasteiger partial charge in [0.2, 0.25) is 0 Å². The molecule has 1 aromatic heterocycles. The molecule has 1 aliphatic rings. The number of rotatable bonds is 4. The van der Waals surface area contributed by atoms with Crippen molar-refractivity contribution in [2.45, 2.75) is 31.3 Å². The first-order valence-corrected chi connectivity index (χ1v) is 6.54. The molecule has 0 bridgehead atoms. The number of aryl methyl sites for hydroxylation is 2. The molecule has 0 unspecified atom stereocenters. The summed E-state index contributed by atoms with van der Waals surface area (Å²) in [6.07, 6.45) is 2.10. The topological polar surface area (TPSA) is 37.8 Å². The monoisotopic (exact) mass is 223 g/mol. The highest BCUT2D eigenvalue weighted by Crippen LogP contribution is 2.29. The van der Waals surface area contributed by atoms with Crippen LogP contribution in [0.2, 0.25) is 0 Å². The van der Waals surface area contributed by atoms with E-state index in [9.17, 15) is 0 Å². The van der Waals surface area contributed by atoms with Gasteiger partial charge in [-0.2, -0.15) is 11.8 Å². The van der Waals surface area contributed by atoms with Crippen LogP contribution in [-0.4, -0.2) is 23.6 Å². The maximum Gasteiger partial charge on any atom is 0.128 e. The number of hydrogen-bond acceptors (Lipinski definition) is 4. The van der Waals surface area contributed by atoms with E-state index in [1.54, 1.807) is 0 Å².